The molecule has 1 atom stereocenters. The first-order valence-corrected chi connectivity index (χ1v) is 7.40. The van der Waals surface area contributed by atoms with Crippen LogP contribution in [-0.4, -0.2) is 30.8 Å². The van der Waals surface area contributed by atoms with E-state index in [0.717, 1.165) is 31.6 Å². The number of aliphatic hydroxyl groups excluding tert-OH is 1. The highest BCUT2D eigenvalue weighted by atomic mass is 35.5. The van der Waals surface area contributed by atoms with Crippen LogP contribution in [0.3, 0.4) is 0 Å². The maximum Gasteiger partial charge on any atom is 0.339 e. The molecule has 0 spiro atoms. The minimum Gasteiger partial charge on any atom is -0.464 e. The molecule has 4 nitrogen and oxygen atoms in total. The predicted octanol–water partition coefficient (Wildman–Crippen LogP) is 2.93. The number of piperidine rings is 1. The van der Waals surface area contributed by atoms with Gasteiger partial charge in [0.2, 0.25) is 0 Å². The molecule has 110 valence electrons. The number of nitrogens with zero attached hydrogens (tertiary/aromatic N) is 1. The maximum atomic E-state index is 11.8. The molecule has 1 N–H and O–H groups in total. The molecule has 0 bridgehead atoms. The van der Waals surface area contributed by atoms with Gasteiger partial charge >= 0.3 is 5.97 Å². The van der Waals surface area contributed by atoms with Crippen molar-refractivity contribution >= 4 is 23.3 Å². The van der Waals surface area contributed by atoms with E-state index in [4.69, 9.17) is 16.3 Å². The maximum absolute atomic E-state index is 11.8. The van der Waals surface area contributed by atoms with Crippen LogP contribution in [-0.2, 0) is 9.53 Å². The van der Waals surface area contributed by atoms with Gasteiger partial charge in [0, 0.05) is 29.4 Å². The second-order valence-corrected chi connectivity index (χ2v) is 5.34. The Kier molecular flexibility index (Phi) is 5.26. The summed E-state index contributed by atoms with van der Waals surface area (Å²) in [5.41, 5.74) is 1.40. The Balaban J connectivity index is 2.29. The van der Waals surface area contributed by atoms with E-state index in [1.54, 1.807) is 19.1 Å². The molecule has 1 aliphatic heterocycles. The first-order valence-electron chi connectivity index (χ1n) is 7.02. The van der Waals surface area contributed by atoms with Crippen LogP contribution in [0, 0.1) is 0 Å². The van der Waals surface area contributed by atoms with Gasteiger partial charge in [0.1, 0.15) is 0 Å². The minimum atomic E-state index is -1.29. The third kappa shape index (κ3) is 3.44. The molecule has 0 radical (unpaired) electrons. The number of hydrogen-bond acceptors (Lipinski definition) is 4. The zero-order chi connectivity index (χ0) is 14.5. The third-order valence-corrected chi connectivity index (χ3v) is 3.73. The van der Waals surface area contributed by atoms with Crippen molar-refractivity contribution in [3.63, 3.8) is 0 Å². The summed E-state index contributed by atoms with van der Waals surface area (Å²) in [6.45, 7) is 3.83. The second kappa shape index (κ2) is 6.95. The van der Waals surface area contributed by atoms with Crippen LogP contribution in [0.25, 0.3) is 0 Å². The number of carbonyl (C=O) groups is 1. The highest BCUT2D eigenvalue weighted by molar-refractivity contribution is 6.30. The molecule has 1 unspecified atom stereocenters. The van der Waals surface area contributed by atoms with Crippen molar-refractivity contribution < 1.29 is 14.6 Å². The number of rotatable bonds is 4. The fourth-order valence-electron chi connectivity index (χ4n) is 2.52. The van der Waals surface area contributed by atoms with Gasteiger partial charge in [-0.25, -0.2) is 4.79 Å². The predicted molar refractivity (Wildman–Crippen MR) is 79.1 cm³/mol. The molecule has 0 aromatic heterocycles. The molecule has 1 fully saturated rings. The van der Waals surface area contributed by atoms with Crippen molar-refractivity contribution in [2.75, 3.05) is 24.6 Å². The Bertz CT molecular complexity index is 472. The molecule has 1 saturated heterocycles. The standard InChI is InChI=1S/C15H20ClNO3/c1-2-20-15(19)14(18)12-10-11(16)6-7-13(12)17-8-4-3-5-9-17/h6-7,10,14,18H,2-5,8-9H2,1H3. The van der Waals surface area contributed by atoms with Crippen LogP contribution in [0.1, 0.15) is 37.9 Å². The first kappa shape index (κ1) is 15.1. The van der Waals surface area contributed by atoms with E-state index in [1.165, 1.54) is 6.42 Å². The van der Waals surface area contributed by atoms with E-state index in [2.05, 4.69) is 4.90 Å². The molecule has 2 rings (SSSR count). The summed E-state index contributed by atoms with van der Waals surface area (Å²) in [6, 6.07) is 5.30. The zero-order valence-electron chi connectivity index (χ0n) is 11.6. The number of carbonyl (C=O) groups excluding carboxylic acids is 1. The van der Waals surface area contributed by atoms with Crippen LogP contribution >= 0.6 is 11.6 Å². The van der Waals surface area contributed by atoms with Gasteiger partial charge in [-0.15, -0.1) is 0 Å². The fourth-order valence-corrected chi connectivity index (χ4v) is 2.70. The average molecular weight is 298 g/mol. The molecule has 1 heterocycles. The van der Waals surface area contributed by atoms with Crippen LogP contribution < -0.4 is 4.90 Å². The van der Waals surface area contributed by atoms with Gasteiger partial charge in [-0.05, 0) is 44.4 Å². The first-order chi connectivity index (χ1) is 9.63. The highest BCUT2D eigenvalue weighted by Crippen LogP contribution is 2.31. The Hall–Kier alpha value is -1.26. The Labute approximate surface area is 124 Å². The molecular weight excluding hydrogens is 278 g/mol. The third-order valence-electron chi connectivity index (χ3n) is 3.49. The highest BCUT2D eigenvalue weighted by Gasteiger charge is 2.25. The topological polar surface area (TPSA) is 49.8 Å². The largest absolute Gasteiger partial charge is 0.464 e. The van der Waals surface area contributed by atoms with Crippen molar-refractivity contribution in [3.8, 4) is 0 Å². The van der Waals surface area contributed by atoms with E-state index in [9.17, 15) is 9.90 Å². The number of halogens is 1. The van der Waals surface area contributed by atoms with Gasteiger partial charge in [0.25, 0.3) is 0 Å². The monoisotopic (exact) mass is 297 g/mol. The summed E-state index contributed by atoms with van der Waals surface area (Å²) < 4.78 is 4.89. The molecular formula is C15H20ClNO3. The van der Waals surface area contributed by atoms with Gasteiger partial charge in [-0.2, -0.15) is 0 Å². The number of anilines is 1. The van der Waals surface area contributed by atoms with Crippen molar-refractivity contribution in [2.45, 2.75) is 32.3 Å². The minimum absolute atomic E-state index is 0.246. The fraction of sp³-hybridized carbons (Fsp3) is 0.533. The van der Waals surface area contributed by atoms with E-state index >= 15 is 0 Å². The van der Waals surface area contributed by atoms with Crippen molar-refractivity contribution in [2.24, 2.45) is 0 Å². The normalized spacial score (nSPS) is 16.9. The summed E-state index contributed by atoms with van der Waals surface area (Å²) in [5, 5.41) is 10.7. The number of hydrogen-bond donors (Lipinski definition) is 1. The summed E-state index contributed by atoms with van der Waals surface area (Å²) in [7, 11) is 0. The molecule has 0 saturated carbocycles. The van der Waals surface area contributed by atoms with Gasteiger partial charge in [-0.1, -0.05) is 11.6 Å². The number of aliphatic hydroxyl groups is 1. The molecule has 5 heteroatoms. The lowest BCUT2D eigenvalue weighted by Gasteiger charge is -2.31. The van der Waals surface area contributed by atoms with E-state index in [1.807, 2.05) is 6.07 Å². The van der Waals surface area contributed by atoms with Crippen molar-refractivity contribution in [1.82, 2.24) is 0 Å². The molecule has 1 aromatic rings. The SMILES string of the molecule is CCOC(=O)C(O)c1cc(Cl)ccc1N1CCCCC1. The number of ether oxygens (including phenoxy) is 1. The summed E-state index contributed by atoms with van der Waals surface area (Å²) in [6.07, 6.45) is 2.18. The lowest BCUT2D eigenvalue weighted by molar-refractivity contribution is -0.153. The zero-order valence-corrected chi connectivity index (χ0v) is 12.4. The van der Waals surface area contributed by atoms with E-state index < -0.39 is 12.1 Å². The van der Waals surface area contributed by atoms with Gasteiger partial charge in [0.05, 0.1) is 6.61 Å². The average Bonchev–Trinajstić information content (AvgIpc) is 2.47. The van der Waals surface area contributed by atoms with Crippen LogP contribution in [0.2, 0.25) is 5.02 Å². The van der Waals surface area contributed by atoms with Gasteiger partial charge < -0.3 is 14.7 Å². The Morgan fingerprint density at radius 1 is 1.40 bits per heavy atom. The van der Waals surface area contributed by atoms with Gasteiger partial charge in [-0.3, -0.25) is 0 Å². The van der Waals surface area contributed by atoms with Crippen LogP contribution in [0.4, 0.5) is 5.69 Å². The molecule has 1 aromatic carbocycles. The molecule has 20 heavy (non-hydrogen) atoms. The quantitative estimate of drug-likeness (QED) is 0.868. The van der Waals surface area contributed by atoms with E-state index in [0.29, 0.717) is 10.6 Å². The Morgan fingerprint density at radius 2 is 2.10 bits per heavy atom. The summed E-state index contributed by atoms with van der Waals surface area (Å²) in [5.74, 6) is -0.631. The van der Waals surface area contributed by atoms with Crippen molar-refractivity contribution in [3.05, 3.63) is 28.8 Å². The smallest absolute Gasteiger partial charge is 0.339 e. The van der Waals surface area contributed by atoms with Crippen LogP contribution in [0.5, 0.6) is 0 Å². The lowest BCUT2D eigenvalue weighted by Crippen LogP contribution is -2.31. The molecule has 1 aliphatic rings. The second-order valence-electron chi connectivity index (χ2n) is 4.91. The summed E-state index contributed by atoms with van der Waals surface area (Å²) in [4.78, 5) is 13.9. The number of benzene rings is 1. The van der Waals surface area contributed by atoms with E-state index in [-0.39, 0.29) is 6.61 Å². The Morgan fingerprint density at radius 3 is 2.75 bits per heavy atom. The van der Waals surface area contributed by atoms with Crippen LogP contribution in [0.15, 0.2) is 18.2 Å². The number of esters is 1. The van der Waals surface area contributed by atoms with Gasteiger partial charge in [0.15, 0.2) is 6.10 Å². The van der Waals surface area contributed by atoms with Crippen molar-refractivity contribution in [1.29, 1.82) is 0 Å². The molecule has 0 aliphatic carbocycles. The summed E-state index contributed by atoms with van der Waals surface area (Å²) >= 11 is 6.00. The molecule has 0 amide bonds. The lowest BCUT2D eigenvalue weighted by atomic mass is 10.0.